The van der Waals surface area contributed by atoms with E-state index in [-0.39, 0.29) is 0 Å². The normalized spacial score (nSPS) is 23.5. The van der Waals surface area contributed by atoms with Crippen LogP contribution in [-0.4, -0.2) is 6.69 Å². The van der Waals surface area contributed by atoms with Crippen molar-refractivity contribution >= 4 is 28.9 Å². The second-order valence-corrected chi connectivity index (χ2v) is 11.7. The summed E-state index contributed by atoms with van der Waals surface area (Å²) in [5.41, 5.74) is 0. The molecule has 76 valence electrons. The SMILES string of the molecule is CC[Si](Cl)(Cl)CCC1CC=CCC1. The minimum Gasteiger partial charge on any atom is -0.146 e. The van der Waals surface area contributed by atoms with Gasteiger partial charge in [0, 0.05) is 0 Å². The Labute approximate surface area is 91.7 Å². The monoisotopic (exact) mass is 236 g/mol. The van der Waals surface area contributed by atoms with Gasteiger partial charge in [0.15, 0.2) is 0 Å². The van der Waals surface area contributed by atoms with E-state index in [1.807, 2.05) is 0 Å². The minimum absolute atomic E-state index is 0.848. The van der Waals surface area contributed by atoms with Gasteiger partial charge in [0.2, 0.25) is 0 Å². The first-order valence-electron chi connectivity index (χ1n) is 5.17. The van der Waals surface area contributed by atoms with Crippen LogP contribution in [0.2, 0.25) is 12.1 Å². The second kappa shape index (κ2) is 5.43. The molecule has 0 saturated carbocycles. The van der Waals surface area contributed by atoms with E-state index in [2.05, 4.69) is 19.1 Å². The van der Waals surface area contributed by atoms with Crippen molar-refractivity contribution in [3.05, 3.63) is 12.2 Å². The van der Waals surface area contributed by atoms with Gasteiger partial charge >= 0.3 is 0 Å². The van der Waals surface area contributed by atoms with Crippen molar-refractivity contribution in [1.82, 2.24) is 0 Å². The average molecular weight is 237 g/mol. The molecule has 0 heterocycles. The molecule has 1 aliphatic rings. The Bertz CT molecular complexity index is 178. The van der Waals surface area contributed by atoms with Crippen LogP contribution in [0.1, 0.15) is 32.6 Å². The summed E-state index contributed by atoms with van der Waals surface area (Å²) in [4.78, 5) is 0. The largest absolute Gasteiger partial charge is 0.251 e. The van der Waals surface area contributed by atoms with E-state index < -0.39 is 6.69 Å². The van der Waals surface area contributed by atoms with Crippen LogP contribution < -0.4 is 0 Å². The minimum atomic E-state index is -1.84. The molecule has 0 aromatic rings. The van der Waals surface area contributed by atoms with Crippen LogP contribution in [0, 0.1) is 5.92 Å². The first-order valence-corrected chi connectivity index (χ1v) is 9.60. The van der Waals surface area contributed by atoms with E-state index in [0.29, 0.717) is 0 Å². The van der Waals surface area contributed by atoms with Gasteiger partial charge in [-0.1, -0.05) is 25.5 Å². The van der Waals surface area contributed by atoms with E-state index in [0.717, 1.165) is 18.0 Å². The lowest BCUT2D eigenvalue weighted by atomic mass is 9.92. The molecule has 0 spiro atoms. The van der Waals surface area contributed by atoms with E-state index in [1.165, 1.54) is 25.7 Å². The van der Waals surface area contributed by atoms with Gasteiger partial charge in [-0.2, -0.15) is 0 Å². The summed E-state index contributed by atoms with van der Waals surface area (Å²) in [5.74, 6) is 0.848. The van der Waals surface area contributed by atoms with Gasteiger partial charge in [0.1, 0.15) is 0 Å². The maximum atomic E-state index is 6.23. The average Bonchev–Trinajstić information content (AvgIpc) is 2.17. The lowest BCUT2D eigenvalue weighted by Gasteiger charge is -2.21. The first kappa shape index (κ1) is 11.6. The molecule has 0 aromatic heterocycles. The topological polar surface area (TPSA) is 0 Å². The quantitative estimate of drug-likeness (QED) is 0.378. The molecule has 0 bridgehead atoms. The van der Waals surface area contributed by atoms with Crippen LogP contribution in [0.15, 0.2) is 12.2 Å². The Morgan fingerprint density at radius 3 is 2.69 bits per heavy atom. The summed E-state index contributed by atoms with van der Waals surface area (Å²) in [6, 6.07) is 2.06. The molecular formula is C10H18Cl2Si. The van der Waals surface area contributed by atoms with E-state index >= 15 is 0 Å². The van der Waals surface area contributed by atoms with E-state index in [4.69, 9.17) is 22.2 Å². The van der Waals surface area contributed by atoms with Crippen molar-refractivity contribution in [3.63, 3.8) is 0 Å². The number of hydrogen-bond donors (Lipinski definition) is 0. The van der Waals surface area contributed by atoms with Crippen LogP contribution in [-0.2, 0) is 0 Å². The molecule has 3 heteroatoms. The third-order valence-electron chi connectivity index (χ3n) is 2.81. The Hall–Kier alpha value is 0.537. The first-order chi connectivity index (χ1) is 6.14. The summed E-state index contributed by atoms with van der Waals surface area (Å²) in [7, 11) is 0. The zero-order chi connectivity index (χ0) is 9.73. The molecule has 0 fully saturated rings. The zero-order valence-electron chi connectivity index (χ0n) is 8.23. The molecule has 1 unspecified atom stereocenters. The number of hydrogen-bond acceptors (Lipinski definition) is 0. The highest BCUT2D eigenvalue weighted by Crippen LogP contribution is 2.31. The molecule has 0 aliphatic heterocycles. The zero-order valence-corrected chi connectivity index (χ0v) is 10.7. The summed E-state index contributed by atoms with van der Waals surface area (Å²) >= 11 is 12.5. The molecule has 0 radical (unpaired) electrons. The van der Waals surface area contributed by atoms with Crippen molar-refractivity contribution in [2.75, 3.05) is 0 Å². The van der Waals surface area contributed by atoms with Gasteiger partial charge < -0.3 is 0 Å². The Kier molecular flexibility index (Phi) is 4.85. The van der Waals surface area contributed by atoms with Crippen molar-refractivity contribution < 1.29 is 0 Å². The molecule has 1 aliphatic carbocycles. The van der Waals surface area contributed by atoms with Crippen LogP contribution >= 0.6 is 22.2 Å². The predicted molar refractivity (Wildman–Crippen MR) is 63.8 cm³/mol. The van der Waals surface area contributed by atoms with Crippen molar-refractivity contribution in [2.45, 2.75) is 44.7 Å². The van der Waals surface area contributed by atoms with Gasteiger partial charge in [0.05, 0.1) is 0 Å². The molecule has 0 amide bonds. The third-order valence-corrected chi connectivity index (χ3v) is 7.61. The highest BCUT2D eigenvalue weighted by molar-refractivity contribution is 7.45. The van der Waals surface area contributed by atoms with Crippen LogP contribution in [0.5, 0.6) is 0 Å². The second-order valence-electron chi connectivity index (χ2n) is 3.90. The van der Waals surface area contributed by atoms with Crippen molar-refractivity contribution in [1.29, 1.82) is 0 Å². The standard InChI is InChI=1S/C10H18Cl2Si/c1-2-13(11,12)9-8-10-6-4-3-5-7-10/h3-4,10H,2,5-9H2,1H3. The van der Waals surface area contributed by atoms with Crippen molar-refractivity contribution in [2.24, 2.45) is 5.92 Å². The van der Waals surface area contributed by atoms with E-state index in [1.54, 1.807) is 0 Å². The summed E-state index contributed by atoms with van der Waals surface area (Å²) in [5, 5.41) is 0. The Morgan fingerprint density at radius 1 is 1.38 bits per heavy atom. The highest BCUT2D eigenvalue weighted by atomic mass is 35.7. The summed E-state index contributed by atoms with van der Waals surface area (Å²) in [6.07, 6.45) is 9.63. The maximum Gasteiger partial charge on any atom is 0.251 e. The summed E-state index contributed by atoms with van der Waals surface area (Å²) in [6.45, 7) is 0.263. The molecular weight excluding hydrogens is 219 g/mol. The van der Waals surface area contributed by atoms with Crippen LogP contribution in [0.25, 0.3) is 0 Å². The van der Waals surface area contributed by atoms with Gasteiger partial charge in [-0.05, 0) is 37.3 Å². The fourth-order valence-corrected chi connectivity index (χ4v) is 3.55. The van der Waals surface area contributed by atoms with E-state index in [9.17, 15) is 0 Å². The van der Waals surface area contributed by atoms with Gasteiger partial charge in [-0.3, -0.25) is 0 Å². The van der Waals surface area contributed by atoms with Crippen molar-refractivity contribution in [3.8, 4) is 0 Å². The fraction of sp³-hybridized carbons (Fsp3) is 0.800. The van der Waals surface area contributed by atoms with Gasteiger partial charge in [-0.25, -0.2) is 0 Å². The van der Waals surface area contributed by atoms with Crippen LogP contribution in [0.4, 0.5) is 0 Å². The molecule has 1 atom stereocenters. The summed E-state index contributed by atoms with van der Waals surface area (Å²) < 4.78 is 0. The van der Waals surface area contributed by atoms with Gasteiger partial charge in [0.25, 0.3) is 6.69 Å². The number of rotatable bonds is 4. The molecule has 0 saturated heterocycles. The lowest BCUT2D eigenvalue weighted by molar-refractivity contribution is 0.464. The number of allylic oxidation sites excluding steroid dienone is 2. The molecule has 1 rings (SSSR count). The Morgan fingerprint density at radius 2 is 2.15 bits per heavy atom. The number of halogens is 2. The van der Waals surface area contributed by atoms with Gasteiger partial charge in [-0.15, -0.1) is 22.2 Å². The molecule has 0 nitrogen and oxygen atoms in total. The Balaban J connectivity index is 2.22. The molecule has 13 heavy (non-hydrogen) atoms. The fourth-order valence-electron chi connectivity index (χ4n) is 1.71. The smallest absolute Gasteiger partial charge is 0.146 e. The predicted octanol–water partition coefficient (Wildman–Crippen LogP) is 4.67. The molecule has 0 N–H and O–H groups in total. The third kappa shape index (κ3) is 4.53. The maximum absolute atomic E-state index is 6.23. The molecule has 0 aromatic carbocycles. The van der Waals surface area contributed by atoms with Crippen LogP contribution in [0.3, 0.4) is 0 Å². The highest BCUT2D eigenvalue weighted by Gasteiger charge is 2.26. The lowest BCUT2D eigenvalue weighted by Crippen LogP contribution is -2.18.